The smallest absolute Gasteiger partial charge is 0.259 e. The molecule has 0 saturated heterocycles. The number of hydrogen-bond donors (Lipinski definition) is 4. The Labute approximate surface area is 208 Å². The van der Waals surface area contributed by atoms with Crippen LogP contribution in [0.25, 0.3) is 0 Å². The molecule has 0 spiro atoms. The third-order valence-corrected chi connectivity index (χ3v) is 5.52. The number of ether oxygens (including phenoxy) is 3. The molecule has 1 atom stereocenters. The molecule has 0 aliphatic heterocycles. The summed E-state index contributed by atoms with van der Waals surface area (Å²) in [5.74, 6) is 5.38. The van der Waals surface area contributed by atoms with Crippen LogP contribution in [-0.2, 0) is 4.79 Å². The van der Waals surface area contributed by atoms with Gasteiger partial charge in [0.2, 0.25) is 11.7 Å². The van der Waals surface area contributed by atoms with E-state index in [1.165, 1.54) is 21.3 Å². The van der Waals surface area contributed by atoms with Gasteiger partial charge in [0.25, 0.3) is 5.91 Å². The first kappa shape index (κ1) is 25.8. The Hall–Kier alpha value is -3.79. The first-order chi connectivity index (χ1) is 16.9. The molecule has 0 saturated carbocycles. The van der Waals surface area contributed by atoms with E-state index in [2.05, 4.69) is 16.1 Å². The van der Waals surface area contributed by atoms with Crippen molar-refractivity contribution in [1.82, 2.24) is 10.7 Å². The van der Waals surface area contributed by atoms with Crippen molar-refractivity contribution in [2.45, 2.75) is 6.04 Å². The summed E-state index contributed by atoms with van der Waals surface area (Å²) in [7, 11) is 4.41. The molecule has 0 radical (unpaired) electrons. The van der Waals surface area contributed by atoms with Crippen LogP contribution in [0.15, 0.2) is 60.7 Å². The minimum atomic E-state index is -0.477. The molecule has 5 N–H and O–H groups in total. The fraction of sp³-hybridized carbons (Fsp3) is 0.200. The highest BCUT2D eigenvalue weighted by atomic mass is 35.5. The summed E-state index contributed by atoms with van der Waals surface area (Å²) >= 11 is 6.32. The Morgan fingerprint density at radius 3 is 2.29 bits per heavy atom. The van der Waals surface area contributed by atoms with E-state index in [4.69, 9.17) is 31.7 Å². The number of methoxy groups -OCH3 is 3. The molecule has 0 aliphatic rings. The zero-order chi connectivity index (χ0) is 25.4. The number of nitrogens with two attached hydrogens (primary N) is 1. The van der Waals surface area contributed by atoms with Crippen LogP contribution < -0.4 is 36.1 Å². The van der Waals surface area contributed by atoms with Crippen LogP contribution in [0, 0.1) is 0 Å². The average molecular weight is 499 g/mol. The van der Waals surface area contributed by atoms with Crippen molar-refractivity contribution in [2.24, 2.45) is 5.84 Å². The number of carbonyl (C=O) groups is 2. The lowest BCUT2D eigenvalue weighted by molar-refractivity contribution is -0.120. The molecule has 0 aromatic heterocycles. The highest BCUT2D eigenvalue weighted by Crippen LogP contribution is 2.40. The second-order valence-electron chi connectivity index (χ2n) is 7.36. The minimum absolute atomic E-state index is 0.0561. The van der Waals surface area contributed by atoms with Gasteiger partial charge in [-0.25, -0.2) is 5.84 Å². The summed E-state index contributed by atoms with van der Waals surface area (Å²) in [5.41, 5.74) is 4.36. The van der Waals surface area contributed by atoms with Gasteiger partial charge in [-0.05, 0) is 41.5 Å². The van der Waals surface area contributed by atoms with E-state index in [0.717, 1.165) is 5.56 Å². The van der Waals surface area contributed by atoms with Gasteiger partial charge in [0.05, 0.1) is 39.5 Å². The minimum Gasteiger partial charge on any atom is -0.493 e. The van der Waals surface area contributed by atoms with Crippen LogP contribution >= 0.6 is 11.6 Å². The summed E-state index contributed by atoms with van der Waals surface area (Å²) in [6, 6.07) is 17.3. The average Bonchev–Trinajstić information content (AvgIpc) is 2.89. The third kappa shape index (κ3) is 6.02. The number of benzene rings is 3. The molecule has 0 fully saturated rings. The number of carbonyl (C=O) groups excluding carboxylic acids is 2. The first-order valence-electron chi connectivity index (χ1n) is 10.6. The summed E-state index contributed by atoms with van der Waals surface area (Å²) in [6.07, 6.45) is 0. The summed E-state index contributed by atoms with van der Waals surface area (Å²) in [6.45, 7) is -0.0561. The molecule has 3 aromatic carbocycles. The predicted octanol–water partition coefficient (Wildman–Crippen LogP) is 3.29. The Kier molecular flexibility index (Phi) is 8.91. The quantitative estimate of drug-likeness (QED) is 0.192. The number of hydrazine groups is 1. The zero-order valence-electron chi connectivity index (χ0n) is 19.6. The van der Waals surface area contributed by atoms with E-state index in [0.29, 0.717) is 27.8 Å². The Morgan fingerprint density at radius 1 is 0.943 bits per heavy atom. The number of nitrogens with one attached hydrogen (secondary N) is 3. The molecule has 0 unspecified atom stereocenters. The van der Waals surface area contributed by atoms with Crippen molar-refractivity contribution in [3.63, 3.8) is 0 Å². The molecule has 184 valence electrons. The van der Waals surface area contributed by atoms with E-state index < -0.39 is 17.9 Å². The molecule has 2 amide bonds. The van der Waals surface area contributed by atoms with Crippen molar-refractivity contribution in [3.05, 3.63) is 82.4 Å². The fourth-order valence-corrected chi connectivity index (χ4v) is 3.84. The lowest BCUT2D eigenvalue weighted by Gasteiger charge is -2.23. The Morgan fingerprint density at radius 2 is 1.66 bits per heavy atom. The molecule has 0 bridgehead atoms. The van der Waals surface area contributed by atoms with Gasteiger partial charge in [-0.1, -0.05) is 41.9 Å². The summed E-state index contributed by atoms with van der Waals surface area (Å²) in [5, 5.41) is 6.57. The SMILES string of the molecule is COc1ccc(C(=O)Nc2ccc(Cl)cc2[C@@H](NCC(=O)NN)c2ccccc2)c(OC)c1OC. The van der Waals surface area contributed by atoms with E-state index in [-0.39, 0.29) is 17.9 Å². The first-order valence-corrected chi connectivity index (χ1v) is 11.0. The van der Waals surface area contributed by atoms with Crippen LogP contribution in [-0.4, -0.2) is 39.7 Å². The summed E-state index contributed by atoms with van der Waals surface area (Å²) in [4.78, 5) is 25.2. The van der Waals surface area contributed by atoms with E-state index in [1.807, 2.05) is 30.3 Å². The number of amides is 2. The Balaban J connectivity index is 2.03. The molecular weight excluding hydrogens is 472 g/mol. The predicted molar refractivity (Wildman–Crippen MR) is 134 cm³/mol. The van der Waals surface area contributed by atoms with Crippen molar-refractivity contribution in [3.8, 4) is 17.2 Å². The number of halogens is 1. The highest BCUT2D eigenvalue weighted by Gasteiger charge is 2.24. The standard InChI is InChI=1S/C25H27ClN4O5/c1-33-20-12-10-17(23(34-2)24(20)35-3)25(32)29-19-11-9-16(26)13-18(19)22(28-14-21(31)30-27)15-7-5-4-6-8-15/h4-13,22,28H,14,27H2,1-3H3,(H,29,32)(H,30,31)/t22-/m0/s1. The van der Waals surface area contributed by atoms with Crippen molar-refractivity contribution < 1.29 is 23.8 Å². The van der Waals surface area contributed by atoms with Gasteiger partial charge in [-0.2, -0.15) is 0 Å². The van der Waals surface area contributed by atoms with Gasteiger partial charge in [0, 0.05) is 10.7 Å². The number of anilines is 1. The molecule has 3 aromatic rings. The van der Waals surface area contributed by atoms with E-state index >= 15 is 0 Å². The maximum atomic E-state index is 13.3. The Bertz CT molecular complexity index is 1190. The topological polar surface area (TPSA) is 124 Å². The monoisotopic (exact) mass is 498 g/mol. The largest absolute Gasteiger partial charge is 0.493 e. The fourth-order valence-electron chi connectivity index (χ4n) is 3.65. The van der Waals surface area contributed by atoms with Crippen LogP contribution in [0.2, 0.25) is 5.02 Å². The van der Waals surface area contributed by atoms with Crippen LogP contribution in [0.1, 0.15) is 27.5 Å². The van der Waals surface area contributed by atoms with Gasteiger partial charge in [0.15, 0.2) is 11.5 Å². The zero-order valence-corrected chi connectivity index (χ0v) is 20.3. The maximum absolute atomic E-state index is 13.3. The van der Waals surface area contributed by atoms with Crippen molar-refractivity contribution >= 4 is 29.1 Å². The van der Waals surface area contributed by atoms with Crippen LogP contribution in [0.5, 0.6) is 17.2 Å². The molecule has 0 aliphatic carbocycles. The molecule has 10 heteroatoms. The van der Waals surface area contributed by atoms with Gasteiger partial charge in [-0.3, -0.25) is 20.3 Å². The maximum Gasteiger partial charge on any atom is 0.259 e. The van der Waals surface area contributed by atoms with Gasteiger partial charge in [0.1, 0.15) is 0 Å². The molecule has 35 heavy (non-hydrogen) atoms. The van der Waals surface area contributed by atoms with Crippen molar-refractivity contribution in [2.75, 3.05) is 33.2 Å². The highest BCUT2D eigenvalue weighted by molar-refractivity contribution is 6.30. The van der Waals surface area contributed by atoms with Crippen LogP contribution in [0.4, 0.5) is 5.69 Å². The van der Waals surface area contributed by atoms with Crippen molar-refractivity contribution in [1.29, 1.82) is 0 Å². The molecule has 0 heterocycles. The molecular formula is C25H27ClN4O5. The second kappa shape index (κ2) is 12.1. The lowest BCUT2D eigenvalue weighted by atomic mass is 9.96. The summed E-state index contributed by atoms with van der Waals surface area (Å²) < 4.78 is 16.1. The number of rotatable bonds is 10. The van der Waals surface area contributed by atoms with Gasteiger partial charge < -0.3 is 19.5 Å². The lowest BCUT2D eigenvalue weighted by Crippen LogP contribution is -2.39. The van der Waals surface area contributed by atoms with E-state index in [9.17, 15) is 9.59 Å². The van der Waals surface area contributed by atoms with Gasteiger partial charge in [-0.15, -0.1) is 0 Å². The second-order valence-corrected chi connectivity index (χ2v) is 7.80. The normalized spacial score (nSPS) is 11.3. The van der Waals surface area contributed by atoms with Crippen LogP contribution in [0.3, 0.4) is 0 Å². The molecule has 9 nitrogen and oxygen atoms in total. The van der Waals surface area contributed by atoms with Gasteiger partial charge >= 0.3 is 0 Å². The third-order valence-electron chi connectivity index (χ3n) is 5.28. The molecule has 3 rings (SSSR count). The van der Waals surface area contributed by atoms with E-state index in [1.54, 1.807) is 30.3 Å². The number of hydrogen-bond acceptors (Lipinski definition) is 7.